The van der Waals surface area contributed by atoms with Crippen LogP contribution < -0.4 is 15.0 Å². The number of aromatic nitrogens is 1. The monoisotopic (exact) mass is 304 g/mol. The third-order valence-corrected chi connectivity index (χ3v) is 4.46. The lowest BCUT2D eigenvalue weighted by Gasteiger charge is -2.22. The molecule has 1 saturated heterocycles. The van der Waals surface area contributed by atoms with Gasteiger partial charge in [0.1, 0.15) is 23.0 Å². The molecule has 0 saturated carbocycles. The first-order valence-electron chi connectivity index (χ1n) is 6.94. The Labute approximate surface area is 127 Å². The molecule has 110 valence electrons. The summed E-state index contributed by atoms with van der Waals surface area (Å²) in [5.74, 6) is 0.958. The topological polar surface area (TPSA) is 55.7 Å². The van der Waals surface area contributed by atoms with Gasteiger partial charge in [0.05, 0.1) is 25.8 Å². The molecule has 3 rings (SSSR count). The van der Waals surface area contributed by atoms with Crippen molar-refractivity contribution >= 4 is 17.2 Å². The SMILES string of the molecule is COc1ccccc1-c1nc(C[NH+]2CCNC(=O)C2)cs1. The zero-order valence-electron chi connectivity index (χ0n) is 11.9. The van der Waals surface area contributed by atoms with Crippen LogP contribution >= 0.6 is 11.3 Å². The summed E-state index contributed by atoms with van der Waals surface area (Å²) in [7, 11) is 1.67. The molecule has 0 aliphatic carbocycles. The Hall–Kier alpha value is -1.92. The van der Waals surface area contributed by atoms with Gasteiger partial charge < -0.3 is 15.0 Å². The molecule has 21 heavy (non-hydrogen) atoms. The Bertz CT molecular complexity index is 641. The van der Waals surface area contributed by atoms with E-state index < -0.39 is 0 Å². The van der Waals surface area contributed by atoms with Gasteiger partial charge in [-0.05, 0) is 12.1 Å². The Morgan fingerprint density at radius 1 is 1.43 bits per heavy atom. The number of para-hydroxylation sites is 1. The van der Waals surface area contributed by atoms with Gasteiger partial charge >= 0.3 is 0 Å². The van der Waals surface area contributed by atoms with Crippen molar-refractivity contribution in [1.29, 1.82) is 0 Å². The average molecular weight is 304 g/mol. The normalized spacial score (nSPS) is 18.3. The summed E-state index contributed by atoms with van der Waals surface area (Å²) in [5.41, 5.74) is 2.05. The van der Waals surface area contributed by atoms with E-state index in [9.17, 15) is 4.79 Å². The van der Waals surface area contributed by atoms with Crippen molar-refractivity contribution in [3.05, 3.63) is 35.3 Å². The molecule has 2 aromatic rings. The molecule has 1 aliphatic rings. The van der Waals surface area contributed by atoms with Gasteiger partial charge in [-0.25, -0.2) is 4.98 Å². The molecule has 0 bridgehead atoms. The summed E-state index contributed by atoms with van der Waals surface area (Å²) in [4.78, 5) is 17.4. The Balaban J connectivity index is 1.75. The smallest absolute Gasteiger partial charge is 0.275 e. The Morgan fingerprint density at radius 2 is 2.29 bits per heavy atom. The lowest BCUT2D eigenvalue weighted by molar-refractivity contribution is -0.907. The predicted molar refractivity (Wildman–Crippen MR) is 81.5 cm³/mol. The molecule has 1 unspecified atom stereocenters. The minimum Gasteiger partial charge on any atom is -0.496 e. The highest BCUT2D eigenvalue weighted by Crippen LogP contribution is 2.31. The van der Waals surface area contributed by atoms with Crippen LogP contribution in [0.5, 0.6) is 5.75 Å². The van der Waals surface area contributed by atoms with Crippen LogP contribution in [0.25, 0.3) is 10.6 Å². The van der Waals surface area contributed by atoms with Gasteiger partial charge in [-0.15, -0.1) is 11.3 Å². The summed E-state index contributed by atoms with van der Waals surface area (Å²) < 4.78 is 5.38. The summed E-state index contributed by atoms with van der Waals surface area (Å²) in [6, 6.07) is 7.89. The van der Waals surface area contributed by atoms with Gasteiger partial charge in [-0.2, -0.15) is 0 Å². The minimum atomic E-state index is 0.122. The standard InChI is InChI=1S/C15H17N3O2S/c1-20-13-5-3-2-4-12(13)15-17-11(10-21-15)8-18-7-6-16-14(19)9-18/h2-5,10H,6-9H2,1H3,(H,16,19)/p+1. The van der Waals surface area contributed by atoms with Crippen LogP contribution in [0.1, 0.15) is 5.69 Å². The highest BCUT2D eigenvalue weighted by atomic mass is 32.1. The van der Waals surface area contributed by atoms with Crippen LogP contribution in [0.3, 0.4) is 0 Å². The molecule has 2 heterocycles. The first kappa shape index (κ1) is 14.0. The van der Waals surface area contributed by atoms with Gasteiger partial charge in [0.15, 0.2) is 6.54 Å². The molecule has 1 aliphatic heterocycles. The number of quaternary nitrogens is 1. The molecular weight excluding hydrogens is 286 g/mol. The molecule has 0 radical (unpaired) electrons. The van der Waals surface area contributed by atoms with Crippen molar-refractivity contribution < 1.29 is 14.4 Å². The van der Waals surface area contributed by atoms with Crippen molar-refractivity contribution in [3.8, 4) is 16.3 Å². The number of nitrogens with zero attached hydrogens (tertiary/aromatic N) is 1. The maximum atomic E-state index is 11.4. The van der Waals surface area contributed by atoms with E-state index in [0.29, 0.717) is 6.54 Å². The van der Waals surface area contributed by atoms with Gasteiger partial charge in [-0.1, -0.05) is 12.1 Å². The molecule has 1 amide bonds. The molecule has 6 heteroatoms. The first-order chi connectivity index (χ1) is 10.3. The number of carbonyl (C=O) groups excluding carboxylic acids is 1. The van der Waals surface area contributed by atoms with Crippen LogP contribution in [-0.2, 0) is 11.3 Å². The molecule has 1 atom stereocenters. The molecule has 1 fully saturated rings. The van der Waals surface area contributed by atoms with Crippen LogP contribution in [0, 0.1) is 0 Å². The van der Waals surface area contributed by atoms with Crippen molar-refractivity contribution in [3.63, 3.8) is 0 Å². The van der Waals surface area contributed by atoms with E-state index in [0.717, 1.165) is 41.6 Å². The fraction of sp³-hybridized carbons (Fsp3) is 0.333. The summed E-state index contributed by atoms with van der Waals surface area (Å²) in [6.45, 7) is 3.02. The second-order valence-electron chi connectivity index (χ2n) is 5.05. The van der Waals surface area contributed by atoms with Crippen LogP contribution in [-0.4, -0.2) is 37.6 Å². The molecular formula is C15H18N3O2S+. The number of ether oxygens (including phenoxy) is 1. The van der Waals surface area contributed by atoms with E-state index in [-0.39, 0.29) is 5.91 Å². The Kier molecular flexibility index (Phi) is 4.17. The number of hydrogen-bond acceptors (Lipinski definition) is 4. The van der Waals surface area contributed by atoms with Gasteiger partial charge in [0.25, 0.3) is 5.91 Å². The van der Waals surface area contributed by atoms with E-state index in [1.54, 1.807) is 18.4 Å². The fourth-order valence-electron chi connectivity index (χ4n) is 2.50. The van der Waals surface area contributed by atoms with Crippen molar-refractivity contribution in [1.82, 2.24) is 10.3 Å². The molecule has 1 aromatic heterocycles. The maximum absolute atomic E-state index is 11.4. The number of benzene rings is 1. The third kappa shape index (κ3) is 3.22. The minimum absolute atomic E-state index is 0.122. The second-order valence-corrected chi connectivity index (χ2v) is 5.91. The van der Waals surface area contributed by atoms with Crippen molar-refractivity contribution in [2.45, 2.75) is 6.54 Å². The fourth-order valence-corrected chi connectivity index (χ4v) is 3.35. The number of thiazole rings is 1. The number of piperazine rings is 1. The largest absolute Gasteiger partial charge is 0.496 e. The van der Waals surface area contributed by atoms with E-state index in [2.05, 4.69) is 10.7 Å². The first-order valence-corrected chi connectivity index (χ1v) is 7.82. The average Bonchev–Trinajstić information content (AvgIpc) is 2.95. The third-order valence-electron chi connectivity index (χ3n) is 3.53. The maximum Gasteiger partial charge on any atom is 0.275 e. The van der Waals surface area contributed by atoms with Gasteiger partial charge in [0.2, 0.25) is 0 Å². The zero-order chi connectivity index (χ0) is 14.7. The summed E-state index contributed by atoms with van der Waals surface area (Å²) in [6.07, 6.45) is 0. The number of amides is 1. The molecule has 5 nitrogen and oxygen atoms in total. The van der Waals surface area contributed by atoms with Gasteiger partial charge in [0, 0.05) is 5.38 Å². The summed E-state index contributed by atoms with van der Waals surface area (Å²) in [5, 5.41) is 5.88. The predicted octanol–water partition coefficient (Wildman–Crippen LogP) is 0.333. The second kappa shape index (κ2) is 6.24. The lowest BCUT2D eigenvalue weighted by Crippen LogP contribution is -3.14. The lowest BCUT2D eigenvalue weighted by atomic mass is 10.2. The van der Waals surface area contributed by atoms with Crippen LogP contribution in [0.4, 0.5) is 0 Å². The number of methoxy groups -OCH3 is 1. The Morgan fingerprint density at radius 3 is 3.10 bits per heavy atom. The van der Waals surface area contributed by atoms with E-state index in [1.165, 1.54) is 4.90 Å². The highest BCUT2D eigenvalue weighted by molar-refractivity contribution is 7.13. The quantitative estimate of drug-likeness (QED) is 0.856. The summed E-state index contributed by atoms with van der Waals surface area (Å²) >= 11 is 1.62. The molecule has 2 N–H and O–H groups in total. The molecule has 1 aromatic carbocycles. The number of rotatable bonds is 4. The molecule has 0 spiro atoms. The number of hydrogen-bond donors (Lipinski definition) is 2. The zero-order valence-corrected chi connectivity index (χ0v) is 12.7. The van der Waals surface area contributed by atoms with Crippen LogP contribution in [0.2, 0.25) is 0 Å². The number of carbonyl (C=O) groups is 1. The highest BCUT2D eigenvalue weighted by Gasteiger charge is 2.21. The van der Waals surface area contributed by atoms with E-state index in [1.807, 2.05) is 24.3 Å². The van der Waals surface area contributed by atoms with E-state index >= 15 is 0 Å². The van der Waals surface area contributed by atoms with E-state index in [4.69, 9.17) is 9.72 Å². The van der Waals surface area contributed by atoms with Crippen LogP contribution in [0.15, 0.2) is 29.6 Å². The number of nitrogens with one attached hydrogen (secondary N) is 2. The van der Waals surface area contributed by atoms with Gasteiger partial charge in [-0.3, -0.25) is 4.79 Å². The van der Waals surface area contributed by atoms with Crippen molar-refractivity contribution in [2.24, 2.45) is 0 Å². The van der Waals surface area contributed by atoms with Crippen molar-refractivity contribution in [2.75, 3.05) is 26.7 Å².